The van der Waals surface area contributed by atoms with Crippen LogP contribution in [0, 0.1) is 0 Å². The zero-order valence-electron chi connectivity index (χ0n) is 8.09. The molecule has 0 aromatic carbocycles. The fourth-order valence-corrected chi connectivity index (χ4v) is 1.38. The topological polar surface area (TPSA) is 92.5 Å². The van der Waals surface area contributed by atoms with E-state index in [-0.39, 0.29) is 6.04 Å². The molecule has 0 saturated heterocycles. The minimum Gasteiger partial charge on any atom is -0.271 e. The van der Waals surface area contributed by atoms with Gasteiger partial charge < -0.3 is 0 Å². The number of H-pyrrole nitrogens is 1. The Labute approximate surface area is 86.9 Å². The van der Waals surface area contributed by atoms with Gasteiger partial charge in [0.05, 0.1) is 12.2 Å². The number of hydrogen-bond donors (Lipinski definition) is 3. The Balaban J connectivity index is 2.10. The number of hydrazine groups is 1. The lowest BCUT2D eigenvalue weighted by Gasteiger charge is -2.12. The third-order valence-electron chi connectivity index (χ3n) is 2.15. The highest BCUT2D eigenvalue weighted by molar-refractivity contribution is 5.13. The van der Waals surface area contributed by atoms with Gasteiger partial charge in [-0.2, -0.15) is 15.4 Å². The van der Waals surface area contributed by atoms with Crippen LogP contribution in [0.4, 0.5) is 0 Å². The Morgan fingerprint density at radius 1 is 1.47 bits per heavy atom. The Morgan fingerprint density at radius 2 is 2.40 bits per heavy atom. The predicted octanol–water partition coefficient (Wildman–Crippen LogP) is -0.0532. The SMILES string of the molecule is NNC(Cc1cccnc1)c1cn[nH]n1. The van der Waals surface area contributed by atoms with Gasteiger partial charge in [-0.05, 0) is 18.1 Å². The van der Waals surface area contributed by atoms with E-state index in [0.717, 1.165) is 17.7 Å². The van der Waals surface area contributed by atoms with Crippen LogP contribution in [0.2, 0.25) is 0 Å². The first-order valence-electron chi connectivity index (χ1n) is 4.61. The second kappa shape index (κ2) is 4.63. The molecule has 2 aromatic heterocycles. The van der Waals surface area contributed by atoms with Crippen LogP contribution in [0.3, 0.4) is 0 Å². The quantitative estimate of drug-likeness (QED) is 0.479. The molecule has 1 unspecified atom stereocenters. The van der Waals surface area contributed by atoms with E-state index < -0.39 is 0 Å². The summed E-state index contributed by atoms with van der Waals surface area (Å²) in [5.74, 6) is 5.46. The minimum absolute atomic E-state index is 0.0482. The van der Waals surface area contributed by atoms with Gasteiger partial charge in [0.2, 0.25) is 0 Å². The van der Waals surface area contributed by atoms with Crippen LogP contribution >= 0.6 is 0 Å². The lowest BCUT2D eigenvalue weighted by molar-refractivity contribution is 0.536. The molecule has 15 heavy (non-hydrogen) atoms. The van der Waals surface area contributed by atoms with E-state index in [1.165, 1.54) is 0 Å². The van der Waals surface area contributed by atoms with Gasteiger partial charge in [0.25, 0.3) is 0 Å². The zero-order valence-corrected chi connectivity index (χ0v) is 8.09. The molecule has 0 fully saturated rings. The number of nitrogens with two attached hydrogens (primary N) is 1. The van der Waals surface area contributed by atoms with Gasteiger partial charge in [0.1, 0.15) is 5.69 Å². The van der Waals surface area contributed by atoms with Crippen molar-refractivity contribution >= 4 is 0 Å². The number of rotatable bonds is 4. The summed E-state index contributed by atoms with van der Waals surface area (Å²) in [6.07, 6.45) is 5.94. The fourth-order valence-electron chi connectivity index (χ4n) is 1.38. The van der Waals surface area contributed by atoms with E-state index in [9.17, 15) is 0 Å². The van der Waals surface area contributed by atoms with E-state index in [4.69, 9.17) is 5.84 Å². The van der Waals surface area contributed by atoms with Gasteiger partial charge in [-0.1, -0.05) is 6.07 Å². The third kappa shape index (κ3) is 2.36. The van der Waals surface area contributed by atoms with E-state index in [2.05, 4.69) is 25.8 Å². The Kier molecular flexibility index (Phi) is 3.01. The highest BCUT2D eigenvalue weighted by Gasteiger charge is 2.12. The third-order valence-corrected chi connectivity index (χ3v) is 2.15. The van der Waals surface area contributed by atoms with E-state index in [1.54, 1.807) is 12.4 Å². The summed E-state index contributed by atoms with van der Waals surface area (Å²) in [5, 5.41) is 10.3. The van der Waals surface area contributed by atoms with Crippen LogP contribution in [0.5, 0.6) is 0 Å². The second-order valence-corrected chi connectivity index (χ2v) is 3.18. The van der Waals surface area contributed by atoms with E-state index in [1.807, 2.05) is 18.3 Å². The van der Waals surface area contributed by atoms with Crippen molar-refractivity contribution in [2.45, 2.75) is 12.5 Å². The zero-order chi connectivity index (χ0) is 10.5. The molecule has 2 rings (SSSR count). The lowest BCUT2D eigenvalue weighted by Crippen LogP contribution is -2.29. The fraction of sp³-hybridized carbons (Fsp3) is 0.222. The van der Waals surface area contributed by atoms with Crippen molar-refractivity contribution in [1.29, 1.82) is 0 Å². The molecule has 0 aliphatic rings. The number of aromatic nitrogens is 4. The van der Waals surface area contributed by atoms with Crippen LogP contribution in [-0.2, 0) is 6.42 Å². The number of hydrogen-bond acceptors (Lipinski definition) is 5. The average Bonchev–Trinajstić information content (AvgIpc) is 2.81. The molecule has 0 spiro atoms. The summed E-state index contributed by atoms with van der Waals surface area (Å²) in [6.45, 7) is 0. The van der Waals surface area contributed by atoms with Gasteiger partial charge in [-0.25, -0.2) is 0 Å². The second-order valence-electron chi connectivity index (χ2n) is 3.18. The number of pyridine rings is 1. The maximum absolute atomic E-state index is 5.46. The molecule has 2 heterocycles. The molecule has 0 amide bonds. The van der Waals surface area contributed by atoms with Crippen molar-refractivity contribution < 1.29 is 0 Å². The summed E-state index contributed by atoms with van der Waals surface area (Å²) >= 11 is 0. The van der Waals surface area contributed by atoms with Gasteiger partial charge in [0, 0.05) is 12.4 Å². The van der Waals surface area contributed by atoms with E-state index >= 15 is 0 Å². The first kappa shape index (κ1) is 9.75. The average molecular weight is 204 g/mol. The molecule has 0 aliphatic heterocycles. The summed E-state index contributed by atoms with van der Waals surface area (Å²) in [4.78, 5) is 4.04. The molecule has 0 radical (unpaired) electrons. The highest BCUT2D eigenvalue weighted by atomic mass is 15.3. The molecule has 1 atom stereocenters. The van der Waals surface area contributed by atoms with Gasteiger partial charge in [0.15, 0.2) is 0 Å². The van der Waals surface area contributed by atoms with Crippen molar-refractivity contribution in [2.75, 3.05) is 0 Å². The molecule has 6 heteroatoms. The normalized spacial score (nSPS) is 12.6. The largest absolute Gasteiger partial charge is 0.271 e. The summed E-state index contributed by atoms with van der Waals surface area (Å²) < 4.78 is 0. The highest BCUT2D eigenvalue weighted by Crippen LogP contribution is 2.13. The molecule has 6 nitrogen and oxygen atoms in total. The molecule has 0 aliphatic carbocycles. The monoisotopic (exact) mass is 204 g/mol. The van der Waals surface area contributed by atoms with Crippen LogP contribution in [0.1, 0.15) is 17.3 Å². The number of nitrogens with zero attached hydrogens (tertiary/aromatic N) is 3. The van der Waals surface area contributed by atoms with Crippen molar-refractivity contribution in [1.82, 2.24) is 25.8 Å². The lowest BCUT2D eigenvalue weighted by atomic mass is 10.1. The molecule has 0 bridgehead atoms. The predicted molar refractivity (Wildman–Crippen MR) is 54.4 cm³/mol. The smallest absolute Gasteiger partial charge is 0.101 e. The van der Waals surface area contributed by atoms with Crippen LogP contribution in [0.25, 0.3) is 0 Å². The first-order chi connectivity index (χ1) is 7.40. The van der Waals surface area contributed by atoms with Crippen LogP contribution in [-0.4, -0.2) is 20.4 Å². The Hall–Kier alpha value is -1.79. The maximum Gasteiger partial charge on any atom is 0.101 e. The van der Waals surface area contributed by atoms with Gasteiger partial charge in [-0.15, -0.1) is 0 Å². The molecule has 78 valence electrons. The Morgan fingerprint density at radius 3 is 3.00 bits per heavy atom. The summed E-state index contributed by atoms with van der Waals surface area (Å²) in [7, 11) is 0. The van der Waals surface area contributed by atoms with Crippen LogP contribution in [0.15, 0.2) is 30.7 Å². The summed E-state index contributed by atoms with van der Waals surface area (Å²) in [6, 6.07) is 3.84. The van der Waals surface area contributed by atoms with Gasteiger partial charge in [-0.3, -0.25) is 16.3 Å². The minimum atomic E-state index is -0.0482. The molecular formula is C9H12N6. The van der Waals surface area contributed by atoms with Gasteiger partial charge >= 0.3 is 0 Å². The number of nitrogens with one attached hydrogen (secondary N) is 2. The molecule has 0 saturated carbocycles. The van der Waals surface area contributed by atoms with Crippen LogP contribution < -0.4 is 11.3 Å². The van der Waals surface area contributed by atoms with Crippen molar-refractivity contribution in [2.24, 2.45) is 5.84 Å². The Bertz CT molecular complexity index is 384. The molecular weight excluding hydrogens is 192 g/mol. The van der Waals surface area contributed by atoms with E-state index in [0.29, 0.717) is 0 Å². The van der Waals surface area contributed by atoms with Crippen molar-refractivity contribution in [3.8, 4) is 0 Å². The molecule has 2 aromatic rings. The van der Waals surface area contributed by atoms with Crippen molar-refractivity contribution in [3.05, 3.63) is 42.0 Å². The van der Waals surface area contributed by atoms with Crippen molar-refractivity contribution in [3.63, 3.8) is 0 Å². The molecule has 4 N–H and O–H groups in total. The standard InChI is InChI=1S/C9H12N6/c10-13-8(9-6-12-15-14-9)4-7-2-1-3-11-5-7/h1-3,5-6,8,13H,4,10H2,(H,12,14,15). The summed E-state index contributed by atoms with van der Waals surface area (Å²) in [5.41, 5.74) is 4.60. The maximum atomic E-state index is 5.46. The number of aromatic amines is 1. The first-order valence-corrected chi connectivity index (χ1v) is 4.61.